The van der Waals surface area contributed by atoms with Crippen molar-refractivity contribution < 1.29 is 23.5 Å². The molecule has 2 unspecified atom stereocenters. The molecule has 1 saturated carbocycles. The Kier molecular flexibility index (Phi) is 3.27. The summed E-state index contributed by atoms with van der Waals surface area (Å²) in [6, 6.07) is 3.54. The zero-order chi connectivity index (χ0) is 13.3. The number of benzene rings is 1. The monoisotopic (exact) mass is 255 g/mol. The highest BCUT2D eigenvalue weighted by atomic mass is 19.1. The lowest BCUT2D eigenvalue weighted by atomic mass is 10.1. The van der Waals surface area contributed by atoms with Crippen molar-refractivity contribution in [1.82, 2.24) is 5.32 Å². The van der Waals surface area contributed by atoms with E-state index in [9.17, 15) is 18.4 Å². The highest BCUT2D eigenvalue weighted by Crippen LogP contribution is 2.49. The minimum Gasteiger partial charge on any atom is -0.480 e. The van der Waals surface area contributed by atoms with Crippen molar-refractivity contribution in [3.63, 3.8) is 0 Å². The Bertz CT molecular complexity index is 484. The molecule has 0 spiro atoms. The molecule has 2 rings (SSSR count). The predicted molar refractivity (Wildman–Crippen MR) is 57.9 cm³/mol. The van der Waals surface area contributed by atoms with Crippen LogP contribution in [-0.2, 0) is 9.59 Å². The molecule has 0 radical (unpaired) electrons. The van der Waals surface area contributed by atoms with Gasteiger partial charge in [0.25, 0.3) is 0 Å². The number of rotatable bonds is 4. The summed E-state index contributed by atoms with van der Waals surface area (Å²) in [7, 11) is 0. The fourth-order valence-corrected chi connectivity index (χ4v) is 1.96. The van der Waals surface area contributed by atoms with Crippen molar-refractivity contribution in [3.05, 3.63) is 35.4 Å². The first-order chi connectivity index (χ1) is 8.50. The van der Waals surface area contributed by atoms with Crippen LogP contribution in [0.1, 0.15) is 17.9 Å². The molecule has 1 aromatic rings. The zero-order valence-electron chi connectivity index (χ0n) is 9.32. The summed E-state index contributed by atoms with van der Waals surface area (Å²) in [5, 5.41) is 10.6. The largest absolute Gasteiger partial charge is 0.480 e. The maximum Gasteiger partial charge on any atom is 0.322 e. The number of carboxylic acid groups (broad SMARTS) is 1. The number of carbonyl (C=O) groups excluding carboxylic acids is 1. The fraction of sp³-hybridized carbons (Fsp3) is 0.333. The molecule has 1 aromatic carbocycles. The average Bonchev–Trinajstić information content (AvgIpc) is 3.06. The molecule has 0 bridgehead atoms. The molecule has 0 aliphatic heterocycles. The van der Waals surface area contributed by atoms with E-state index in [0.717, 1.165) is 12.1 Å². The van der Waals surface area contributed by atoms with Crippen molar-refractivity contribution >= 4 is 11.9 Å². The van der Waals surface area contributed by atoms with E-state index in [0.29, 0.717) is 6.42 Å². The van der Waals surface area contributed by atoms with Crippen LogP contribution in [0.25, 0.3) is 0 Å². The summed E-state index contributed by atoms with van der Waals surface area (Å²) in [6.45, 7) is -0.484. The summed E-state index contributed by atoms with van der Waals surface area (Å²) in [5.74, 6) is -4.03. The number of carbonyl (C=O) groups is 2. The topological polar surface area (TPSA) is 66.4 Å². The van der Waals surface area contributed by atoms with Crippen LogP contribution < -0.4 is 5.32 Å². The molecular formula is C12H11F2NO3. The van der Waals surface area contributed by atoms with Crippen LogP contribution in [-0.4, -0.2) is 23.5 Å². The average molecular weight is 255 g/mol. The highest BCUT2D eigenvalue weighted by Gasteiger charge is 2.46. The van der Waals surface area contributed by atoms with E-state index in [2.05, 4.69) is 5.32 Å². The standard InChI is InChI=1S/C12H11F2NO3/c13-8-2-1-3-9(14)11(8)6-4-7(6)12(18)15-5-10(16)17/h1-3,6-7H,4-5H2,(H,15,18)(H,16,17). The van der Waals surface area contributed by atoms with Crippen LogP contribution >= 0.6 is 0 Å². The second kappa shape index (κ2) is 4.72. The van der Waals surface area contributed by atoms with Crippen molar-refractivity contribution in [2.24, 2.45) is 5.92 Å². The lowest BCUT2D eigenvalue weighted by Crippen LogP contribution is -2.30. The third-order valence-electron chi connectivity index (χ3n) is 2.91. The molecule has 96 valence electrons. The number of hydrogen-bond donors (Lipinski definition) is 2. The Morgan fingerprint density at radius 1 is 1.33 bits per heavy atom. The van der Waals surface area contributed by atoms with Gasteiger partial charge in [-0.3, -0.25) is 9.59 Å². The molecule has 1 aliphatic carbocycles. The first-order valence-corrected chi connectivity index (χ1v) is 5.44. The third-order valence-corrected chi connectivity index (χ3v) is 2.91. The summed E-state index contributed by atoms with van der Waals surface area (Å²) < 4.78 is 26.9. The van der Waals surface area contributed by atoms with Gasteiger partial charge < -0.3 is 10.4 Å². The van der Waals surface area contributed by atoms with Gasteiger partial charge in [0.2, 0.25) is 5.91 Å². The third kappa shape index (κ3) is 2.47. The van der Waals surface area contributed by atoms with Gasteiger partial charge in [-0.05, 0) is 18.6 Å². The summed E-state index contributed by atoms with van der Waals surface area (Å²) in [5.41, 5.74) is -0.0898. The normalized spacial score (nSPS) is 21.4. The Morgan fingerprint density at radius 3 is 2.50 bits per heavy atom. The van der Waals surface area contributed by atoms with E-state index in [1.54, 1.807) is 0 Å². The molecule has 2 N–H and O–H groups in total. The number of aliphatic carboxylic acids is 1. The molecule has 1 fully saturated rings. The van der Waals surface area contributed by atoms with Crippen LogP contribution in [0.2, 0.25) is 0 Å². The first-order valence-electron chi connectivity index (χ1n) is 5.44. The van der Waals surface area contributed by atoms with E-state index in [4.69, 9.17) is 5.11 Å². The second-order valence-corrected chi connectivity index (χ2v) is 4.20. The minimum atomic E-state index is -1.15. The minimum absolute atomic E-state index is 0.0898. The van der Waals surface area contributed by atoms with Crippen molar-refractivity contribution in [2.45, 2.75) is 12.3 Å². The van der Waals surface area contributed by atoms with Crippen LogP contribution in [0.5, 0.6) is 0 Å². The molecule has 0 saturated heterocycles. The van der Waals surface area contributed by atoms with Gasteiger partial charge in [0.1, 0.15) is 18.2 Å². The molecule has 1 amide bonds. The molecular weight excluding hydrogens is 244 g/mol. The maximum absolute atomic E-state index is 13.4. The molecule has 0 heterocycles. The highest BCUT2D eigenvalue weighted by molar-refractivity contribution is 5.86. The van der Waals surface area contributed by atoms with Gasteiger partial charge in [-0.15, -0.1) is 0 Å². The van der Waals surface area contributed by atoms with Gasteiger partial charge in [-0.25, -0.2) is 8.78 Å². The number of carboxylic acids is 1. The number of hydrogen-bond acceptors (Lipinski definition) is 2. The number of nitrogens with one attached hydrogen (secondary N) is 1. The van der Waals surface area contributed by atoms with Gasteiger partial charge in [-0.2, -0.15) is 0 Å². The summed E-state index contributed by atoms with van der Waals surface area (Å²) in [4.78, 5) is 21.8. The van der Waals surface area contributed by atoms with Gasteiger partial charge in [0.15, 0.2) is 0 Å². The summed E-state index contributed by atoms with van der Waals surface area (Å²) in [6.07, 6.45) is 0.337. The van der Waals surface area contributed by atoms with Gasteiger partial charge in [0, 0.05) is 17.4 Å². The van der Waals surface area contributed by atoms with Gasteiger partial charge in [0.05, 0.1) is 0 Å². The Labute approximate surface area is 102 Å². The maximum atomic E-state index is 13.4. The first kappa shape index (κ1) is 12.5. The SMILES string of the molecule is O=C(O)CNC(=O)C1CC1c1c(F)cccc1F. The quantitative estimate of drug-likeness (QED) is 0.851. The van der Waals surface area contributed by atoms with Gasteiger partial charge in [-0.1, -0.05) is 6.07 Å². The number of halogens is 2. The molecule has 18 heavy (non-hydrogen) atoms. The van der Waals surface area contributed by atoms with E-state index in [1.807, 2.05) is 0 Å². The Morgan fingerprint density at radius 2 is 1.94 bits per heavy atom. The van der Waals surface area contributed by atoms with Crippen molar-refractivity contribution in [1.29, 1.82) is 0 Å². The van der Waals surface area contributed by atoms with E-state index < -0.39 is 41.9 Å². The van der Waals surface area contributed by atoms with Crippen LogP contribution in [0.3, 0.4) is 0 Å². The zero-order valence-corrected chi connectivity index (χ0v) is 9.32. The molecule has 2 atom stereocenters. The molecule has 4 nitrogen and oxygen atoms in total. The molecule has 6 heteroatoms. The van der Waals surface area contributed by atoms with Crippen LogP contribution in [0.15, 0.2) is 18.2 Å². The molecule has 1 aliphatic rings. The Hall–Kier alpha value is -1.98. The molecule has 0 aromatic heterocycles. The second-order valence-electron chi connectivity index (χ2n) is 4.20. The predicted octanol–water partition coefficient (Wildman–Crippen LogP) is 1.27. The van der Waals surface area contributed by atoms with Crippen molar-refractivity contribution in [2.75, 3.05) is 6.54 Å². The van der Waals surface area contributed by atoms with Crippen LogP contribution in [0.4, 0.5) is 8.78 Å². The van der Waals surface area contributed by atoms with Gasteiger partial charge >= 0.3 is 5.97 Å². The lowest BCUT2D eigenvalue weighted by Gasteiger charge is -2.04. The van der Waals surface area contributed by atoms with E-state index >= 15 is 0 Å². The Balaban J connectivity index is 2.03. The lowest BCUT2D eigenvalue weighted by molar-refractivity contribution is -0.138. The summed E-state index contributed by atoms with van der Waals surface area (Å²) >= 11 is 0. The smallest absolute Gasteiger partial charge is 0.322 e. The number of amides is 1. The fourth-order valence-electron chi connectivity index (χ4n) is 1.96. The van der Waals surface area contributed by atoms with E-state index in [1.165, 1.54) is 6.07 Å². The van der Waals surface area contributed by atoms with Crippen molar-refractivity contribution in [3.8, 4) is 0 Å². The van der Waals surface area contributed by atoms with E-state index in [-0.39, 0.29) is 5.56 Å². The van der Waals surface area contributed by atoms with Crippen LogP contribution in [0, 0.1) is 17.6 Å².